The minimum Gasteiger partial charge on any atom is -0.494 e. The van der Waals surface area contributed by atoms with Crippen LogP contribution in [0.3, 0.4) is 0 Å². The molecule has 48 heavy (non-hydrogen) atoms. The van der Waals surface area contributed by atoms with E-state index in [0.29, 0.717) is 54.8 Å². The molecule has 9 rings (SSSR count). The van der Waals surface area contributed by atoms with E-state index in [0.717, 1.165) is 47.5 Å². The number of ether oxygens (including phenoxy) is 1. The number of carbonyl (C=O) groups excluding carboxylic acids is 2. The molecule has 2 saturated carbocycles. The summed E-state index contributed by atoms with van der Waals surface area (Å²) in [6.07, 6.45) is 6.22. The smallest absolute Gasteiger partial charge is 0.256 e. The van der Waals surface area contributed by atoms with Crippen molar-refractivity contribution in [2.45, 2.75) is 50.9 Å². The van der Waals surface area contributed by atoms with Crippen molar-refractivity contribution >= 4 is 33.9 Å². The highest BCUT2D eigenvalue weighted by Gasteiger charge is 2.47. The van der Waals surface area contributed by atoms with Crippen LogP contribution in [0.15, 0.2) is 60.8 Å². The molecule has 0 spiro atoms. The Kier molecular flexibility index (Phi) is 6.83. The zero-order valence-electron chi connectivity index (χ0n) is 26.9. The lowest BCUT2D eigenvalue weighted by Gasteiger charge is -2.40. The Labute approximate surface area is 277 Å². The second kappa shape index (κ2) is 11.2. The van der Waals surface area contributed by atoms with Gasteiger partial charge in [0.25, 0.3) is 11.8 Å². The van der Waals surface area contributed by atoms with Gasteiger partial charge < -0.3 is 29.4 Å². The number of hydrogen-bond donors (Lipinski definition) is 1. The van der Waals surface area contributed by atoms with Crippen molar-refractivity contribution in [3.8, 4) is 17.3 Å². The average molecular weight is 648 g/mol. The highest BCUT2D eigenvalue weighted by atomic mass is 19.1. The topological polar surface area (TPSA) is 112 Å². The third-order valence-corrected chi connectivity index (χ3v) is 11.0. The summed E-state index contributed by atoms with van der Waals surface area (Å²) >= 11 is 0. The van der Waals surface area contributed by atoms with Crippen molar-refractivity contribution in [3.63, 3.8) is 0 Å². The van der Waals surface area contributed by atoms with Crippen LogP contribution in [0.5, 0.6) is 5.75 Å². The standard InChI is InChI=1S/C37H38FN7O3/c1-48-31-15-25(36(46)44-20-24-10-11-29(44)32(24)39)13-28-33(31)45(19-22-16-42(17-22)37(47)26-6-2-3-7-27(26)38)35(41-28)30-14-23-5-4-12-40-34(23)43(30)18-21-8-9-21/h2-7,12-15,21-22,24,29,32H,8-11,16-20,39H2,1H3. The van der Waals surface area contributed by atoms with E-state index in [9.17, 15) is 14.0 Å². The van der Waals surface area contributed by atoms with Crippen LogP contribution in [0.1, 0.15) is 46.4 Å². The zero-order valence-corrected chi connectivity index (χ0v) is 26.9. The monoisotopic (exact) mass is 647 g/mol. The molecular formula is C37H38FN7O3. The highest BCUT2D eigenvalue weighted by molar-refractivity contribution is 6.00. The molecule has 2 aromatic carbocycles. The first kappa shape index (κ1) is 29.4. The van der Waals surface area contributed by atoms with Crippen LogP contribution in [0.25, 0.3) is 33.6 Å². The number of rotatable bonds is 8. The Bertz CT molecular complexity index is 2100. The van der Waals surface area contributed by atoms with Crippen LogP contribution < -0.4 is 10.5 Å². The summed E-state index contributed by atoms with van der Waals surface area (Å²) in [7, 11) is 1.62. The lowest BCUT2D eigenvalue weighted by Crippen LogP contribution is -2.51. The maximum Gasteiger partial charge on any atom is 0.256 e. The van der Waals surface area contributed by atoms with E-state index >= 15 is 0 Å². The van der Waals surface area contributed by atoms with Gasteiger partial charge in [-0.3, -0.25) is 9.59 Å². The first-order valence-corrected chi connectivity index (χ1v) is 17.0. The minimum atomic E-state index is -0.509. The molecular weight excluding hydrogens is 609 g/mol. The first-order chi connectivity index (χ1) is 23.4. The molecule has 0 radical (unpaired) electrons. The largest absolute Gasteiger partial charge is 0.494 e. The van der Waals surface area contributed by atoms with Crippen molar-refractivity contribution in [1.82, 2.24) is 28.9 Å². The number of hydrogen-bond acceptors (Lipinski definition) is 6. The number of methoxy groups -OCH3 is 1. The van der Waals surface area contributed by atoms with Gasteiger partial charge in [-0.1, -0.05) is 12.1 Å². The Morgan fingerprint density at radius 3 is 2.48 bits per heavy atom. The molecule has 2 aliphatic carbocycles. The van der Waals surface area contributed by atoms with Gasteiger partial charge >= 0.3 is 0 Å². The fraction of sp³-hybridized carbons (Fsp3) is 0.405. The van der Waals surface area contributed by atoms with E-state index in [1.54, 1.807) is 24.1 Å². The lowest BCUT2D eigenvalue weighted by molar-refractivity contribution is 0.0466. The number of aromatic nitrogens is 4. The predicted molar refractivity (Wildman–Crippen MR) is 179 cm³/mol. The van der Waals surface area contributed by atoms with E-state index in [2.05, 4.69) is 21.3 Å². The summed E-state index contributed by atoms with van der Waals surface area (Å²) in [4.78, 5) is 40.7. The number of piperidine rings is 1. The zero-order chi connectivity index (χ0) is 32.7. The third kappa shape index (κ3) is 4.69. The number of likely N-dealkylation sites (tertiary alicyclic amines) is 2. The van der Waals surface area contributed by atoms with Gasteiger partial charge in [-0.15, -0.1) is 0 Å². The van der Waals surface area contributed by atoms with E-state index < -0.39 is 5.82 Å². The predicted octanol–water partition coefficient (Wildman–Crippen LogP) is 4.94. The molecule has 4 fully saturated rings. The number of amides is 2. The fourth-order valence-corrected chi connectivity index (χ4v) is 8.26. The summed E-state index contributed by atoms with van der Waals surface area (Å²) < 4.78 is 24.9. The number of imidazole rings is 1. The Balaban J connectivity index is 1.12. The molecule has 3 unspecified atom stereocenters. The second-order valence-electron chi connectivity index (χ2n) is 14.1. The SMILES string of the molecule is COc1cc(C(=O)N2CC3CCC2C3N)cc2nc(-c3cc4cccnc4n3CC3CC3)n(CC3CN(C(=O)c4ccccc4F)C3)c12. The molecule has 11 heteroatoms. The second-order valence-corrected chi connectivity index (χ2v) is 14.1. The van der Waals surface area contributed by atoms with Crippen molar-refractivity contribution in [2.75, 3.05) is 26.7 Å². The lowest BCUT2D eigenvalue weighted by atomic mass is 9.98. The molecule has 246 valence electrons. The van der Waals surface area contributed by atoms with Gasteiger partial charge in [0.1, 0.15) is 22.7 Å². The van der Waals surface area contributed by atoms with Crippen molar-refractivity contribution in [1.29, 1.82) is 0 Å². The van der Waals surface area contributed by atoms with Crippen molar-refractivity contribution in [2.24, 2.45) is 23.5 Å². The number of benzene rings is 2. The van der Waals surface area contributed by atoms with Gasteiger partial charge in [-0.2, -0.15) is 0 Å². The summed E-state index contributed by atoms with van der Waals surface area (Å²) in [5.74, 6) is 1.56. The van der Waals surface area contributed by atoms with Gasteiger partial charge in [0.05, 0.1) is 23.9 Å². The van der Waals surface area contributed by atoms with E-state index in [1.807, 2.05) is 29.3 Å². The van der Waals surface area contributed by atoms with Crippen molar-refractivity contribution < 1.29 is 18.7 Å². The maximum absolute atomic E-state index is 14.4. The van der Waals surface area contributed by atoms with Crippen LogP contribution in [0.4, 0.5) is 4.39 Å². The normalized spacial score (nSPS) is 22.2. The highest BCUT2D eigenvalue weighted by Crippen LogP contribution is 2.41. The Morgan fingerprint density at radius 1 is 0.938 bits per heavy atom. The van der Waals surface area contributed by atoms with Crippen LogP contribution in [-0.4, -0.2) is 79.5 Å². The summed E-state index contributed by atoms with van der Waals surface area (Å²) in [5, 5.41) is 1.04. The van der Waals surface area contributed by atoms with Crippen LogP contribution in [-0.2, 0) is 13.1 Å². The Hall–Kier alpha value is -4.77. The molecule has 3 aromatic heterocycles. The molecule has 5 heterocycles. The van der Waals surface area contributed by atoms with Gasteiger partial charge in [0.2, 0.25) is 0 Å². The first-order valence-electron chi connectivity index (χ1n) is 17.0. The average Bonchev–Trinajstić information content (AvgIpc) is 3.44. The van der Waals surface area contributed by atoms with Gasteiger partial charge in [-0.05, 0) is 80.0 Å². The Morgan fingerprint density at radius 2 is 1.75 bits per heavy atom. The van der Waals surface area contributed by atoms with Gasteiger partial charge in [0.15, 0.2) is 5.82 Å². The van der Waals surface area contributed by atoms with Crippen LogP contribution in [0.2, 0.25) is 0 Å². The number of carbonyl (C=O) groups is 2. The van der Waals surface area contributed by atoms with Crippen LogP contribution in [0, 0.1) is 23.6 Å². The van der Waals surface area contributed by atoms with Gasteiger partial charge in [0, 0.05) is 67.9 Å². The molecule has 2 aliphatic heterocycles. The fourth-order valence-electron chi connectivity index (χ4n) is 8.26. The molecule has 2 bridgehead atoms. The number of nitrogens with two attached hydrogens (primary N) is 1. The molecule has 10 nitrogen and oxygen atoms in total. The van der Waals surface area contributed by atoms with E-state index in [-0.39, 0.29) is 35.4 Å². The summed E-state index contributed by atoms with van der Waals surface area (Å²) in [6.45, 7) is 3.10. The van der Waals surface area contributed by atoms with Crippen LogP contribution >= 0.6 is 0 Å². The molecule has 2 saturated heterocycles. The molecule has 2 amide bonds. The third-order valence-electron chi connectivity index (χ3n) is 11.0. The number of pyridine rings is 1. The van der Waals surface area contributed by atoms with Crippen molar-refractivity contribution in [3.05, 3.63) is 77.7 Å². The van der Waals surface area contributed by atoms with E-state index in [4.69, 9.17) is 20.4 Å². The molecule has 5 aromatic rings. The molecule has 2 N–H and O–H groups in total. The molecule has 4 aliphatic rings. The maximum atomic E-state index is 14.4. The summed E-state index contributed by atoms with van der Waals surface area (Å²) in [6, 6.07) is 16.1. The summed E-state index contributed by atoms with van der Waals surface area (Å²) in [5.41, 5.74) is 10.5. The minimum absolute atomic E-state index is 0.0275. The van der Waals surface area contributed by atoms with E-state index in [1.165, 1.54) is 25.0 Å². The number of fused-ring (bicyclic) bond motifs is 4. The van der Waals surface area contributed by atoms with Gasteiger partial charge in [-0.25, -0.2) is 14.4 Å². The number of halogens is 1. The quantitative estimate of drug-likeness (QED) is 0.255. The molecule has 3 atom stereocenters. The number of nitrogens with zero attached hydrogens (tertiary/aromatic N) is 6.